The highest BCUT2D eigenvalue weighted by atomic mass is 32.1. The number of pyridine rings is 1. The number of aryl methyl sites for hydroxylation is 1. The summed E-state index contributed by atoms with van der Waals surface area (Å²) in [6.07, 6.45) is 3.32. The quantitative estimate of drug-likeness (QED) is 0.0552. The van der Waals surface area contributed by atoms with Gasteiger partial charge in [0.1, 0.15) is 11.9 Å². The van der Waals surface area contributed by atoms with Gasteiger partial charge in [-0.2, -0.15) is 0 Å². The Kier molecular flexibility index (Phi) is 13.1. The average molecular weight is 873 g/mol. The Balaban J connectivity index is 0.930. The fourth-order valence-electron chi connectivity index (χ4n) is 7.86. The molecule has 0 unspecified atom stereocenters. The van der Waals surface area contributed by atoms with E-state index in [9.17, 15) is 24.6 Å². The molecule has 1 aliphatic rings. The Bertz CT molecular complexity index is 2480. The number of ether oxygens (including phenoxy) is 1. The number of rotatable bonds is 16. The maximum atomic E-state index is 13.5. The van der Waals surface area contributed by atoms with Gasteiger partial charge in [-0.25, -0.2) is 9.59 Å². The van der Waals surface area contributed by atoms with Crippen molar-refractivity contribution < 1.29 is 28.6 Å². The lowest BCUT2D eigenvalue weighted by atomic mass is 9.91. The number of nitrogens with one attached hydrogen (secondary N) is 2. The van der Waals surface area contributed by atoms with Crippen LogP contribution in [-0.4, -0.2) is 71.2 Å². The van der Waals surface area contributed by atoms with Crippen LogP contribution in [0.2, 0.25) is 18.1 Å². The normalized spacial score (nSPS) is 17.1. The molecule has 0 bridgehead atoms. The first kappa shape index (κ1) is 43.7. The molecular weight excluding hydrogens is 817 g/mol. The Morgan fingerprint density at radius 1 is 1.02 bits per heavy atom. The van der Waals surface area contributed by atoms with E-state index >= 15 is 0 Å². The molecule has 2 aromatic carbocycles. The van der Waals surface area contributed by atoms with Gasteiger partial charge in [-0.05, 0) is 122 Å². The van der Waals surface area contributed by atoms with Crippen molar-refractivity contribution in [3.63, 3.8) is 0 Å². The monoisotopic (exact) mass is 872 g/mol. The van der Waals surface area contributed by atoms with Crippen LogP contribution < -0.4 is 16.6 Å². The second kappa shape index (κ2) is 17.9. The van der Waals surface area contributed by atoms with Crippen molar-refractivity contribution >= 4 is 59.0 Å². The van der Waals surface area contributed by atoms with Crippen LogP contribution in [0.3, 0.4) is 0 Å². The summed E-state index contributed by atoms with van der Waals surface area (Å²) in [6.45, 7) is 13.3. The second-order valence-corrected chi connectivity index (χ2v) is 24.1. The van der Waals surface area contributed by atoms with Gasteiger partial charge in [-0.3, -0.25) is 9.36 Å². The van der Waals surface area contributed by atoms with Gasteiger partial charge < -0.3 is 39.0 Å². The number of hydrogen-bond donors (Lipinski definition) is 4. The van der Waals surface area contributed by atoms with Gasteiger partial charge in [0, 0.05) is 37.1 Å². The summed E-state index contributed by atoms with van der Waals surface area (Å²) in [5, 5.41) is 30.1. The van der Waals surface area contributed by atoms with Gasteiger partial charge in [0.15, 0.2) is 13.9 Å². The SMILES string of the molecule is CN(CCCn1c(=O)oc2cc(CNC[C@H](O[Si](C)(C)C(C)(C)C)c3ccc(O)c4[nH]c(=O)ccc34)ccc21)C1CCC(OC(=O)C(O)(c2cccs2)c2cccs2)CC1. The molecule has 12 nitrogen and oxygen atoms in total. The predicted octanol–water partition coefficient (Wildman–Crippen LogP) is 8.23. The van der Waals surface area contributed by atoms with Crippen molar-refractivity contribution in [1.82, 2.24) is 19.8 Å². The first-order valence-electron chi connectivity index (χ1n) is 20.6. The molecule has 0 aliphatic heterocycles. The van der Waals surface area contributed by atoms with Gasteiger partial charge in [-0.1, -0.05) is 45.0 Å². The minimum atomic E-state index is -2.24. The highest BCUT2D eigenvalue weighted by molar-refractivity contribution is 7.12. The number of aliphatic hydroxyl groups is 1. The van der Waals surface area contributed by atoms with Crippen LogP contribution in [0.25, 0.3) is 22.0 Å². The topological polar surface area (TPSA) is 159 Å². The number of carbonyl (C=O) groups excluding carboxylic acids is 1. The summed E-state index contributed by atoms with van der Waals surface area (Å²) >= 11 is 2.68. The number of aromatic nitrogens is 2. The van der Waals surface area contributed by atoms with Crippen LogP contribution >= 0.6 is 22.7 Å². The minimum absolute atomic E-state index is 0.00879. The standard InChI is InChI=1S/C45H56N4O8S2Si/c1-44(2,3)60(5,6)57-37(32-17-20-35(50)41-33(32)18-21-40(51)47-41)28-46-27-29-12-19-34-36(26-29)56-43(53)49(34)23-9-22-48(4)30-13-15-31(16-14-30)55-42(52)45(54,38-10-7-24-58-38)39-11-8-25-59-39/h7-8,10-12,17-21,24-26,30-31,37,46,50,54H,9,13-16,22-23,27-28H2,1-6H3,(H,47,51)/t30?,31?,37-/m0/s1. The first-order chi connectivity index (χ1) is 28.5. The van der Waals surface area contributed by atoms with E-state index in [-0.39, 0.29) is 34.3 Å². The fraction of sp³-hybridized carbons (Fsp3) is 0.444. The molecule has 0 radical (unpaired) electrons. The van der Waals surface area contributed by atoms with Crippen molar-refractivity contribution in [3.8, 4) is 5.75 Å². The van der Waals surface area contributed by atoms with Crippen molar-refractivity contribution in [2.75, 3.05) is 20.1 Å². The molecule has 4 N–H and O–H groups in total. The third-order valence-electron chi connectivity index (χ3n) is 12.4. The Labute approximate surface area is 358 Å². The van der Waals surface area contributed by atoms with E-state index in [2.05, 4.69) is 56.1 Å². The number of esters is 1. The van der Waals surface area contributed by atoms with E-state index in [4.69, 9.17) is 13.6 Å². The lowest BCUT2D eigenvalue weighted by Crippen LogP contribution is -2.43. The predicted molar refractivity (Wildman–Crippen MR) is 240 cm³/mol. The van der Waals surface area contributed by atoms with Gasteiger partial charge >= 0.3 is 11.7 Å². The smallest absolute Gasteiger partial charge is 0.419 e. The average Bonchev–Trinajstić information content (AvgIpc) is 4.01. The number of fused-ring (bicyclic) bond motifs is 2. The van der Waals surface area contributed by atoms with Crippen LogP contribution in [0.4, 0.5) is 0 Å². The van der Waals surface area contributed by atoms with E-state index < -0.39 is 19.9 Å². The molecule has 60 heavy (non-hydrogen) atoms. The molecule has 0 amide bonds. The molecule has 4 heterocycles. The van der Waals surface area contributed by atoms with E-state index in [1.54, 1.807) is 28.8 Å². The van der Waals surface area contributed by atoms with Crippen molar-refractivity contribution in [2.24, 2.45) is 0 Å². The largest absolute Gasteiger partial charge is 0.506 e. The van der Waals surface area contributed by atoms with Crippen LogP contribution in [0.5, 0.6) is 5.75 Å². The van der Waals surface area contributed by atoms with Crippen LogP contribution in [-0.2, 0) is 32.6 Å². The van der Waals surface area contributed by atoms with Crippen LogP contribution in [0.15, 0.2) is 91.5 Å². The number of benzene rings is 2. The highest BCUT2D eigenvalue weighted by Crippen LogP contribution is 2.42. The third kappa shape index (κ3) is 9.27. The van der Waals surface area contributed by atoms with Crippen LogP contribution in [0.1, 0.15) is 79.9 Å². The Morgan fingerprint density at radius 2 is 1.72 bits per heavy atom. The number of thiophene rings is 2. The zero-order valence-electron chi connectivity index (χ0n) is 35.2. The first-order valence-corrected chi connectivity index (χ1v) is 25.3. The van der Waals surface area contributed by atoms with Crippen molar-refractivity contribution in [3.05, 3.63) is 119 Å². The molecule has 1 fully saturated rings. The van der Waals surface area contributed by atoms with Crippen molar-refractivity contribution in [1.29, 1.82) is 0 Å². The number of carbonyl (C=O) groups is 1. The van der Waals surface area contributed by atoms with E-state index in [1.807, 2.05) is 47.2 Å². The molecule has 0 spiro atoms. The molecule has 7 rings (SSSR count). The molecule has 1 saturated carbocycles. The van der Waals surface area contributed by atoms with E-state index in [1.165, 1.54) is 28.7 Å². The lowest BCUT2D eigenvalue weighted by molar-refractivity contribution is -0.169. The number of aromatic hydroxyl groups is 1. The van der Waals surface area contributed by atoms with Gasteiger partial charge in [0.2, 0.25) is 11.2 Å². The van der Waals surface area contributed by atoms with Gasteiger partial charge in [0.25, 0.3) is 0 Å². The molecular formula is C45H56N4O8S2Si. The fourth-order valence-corrected chi connectivity index (χ4v) is 10.8. The summed E-state index contributed by atoms with van der Waals surface area (Å²) in [7, 11) is -0.141. The molecule has 4 aromatic heterocycles. The number of oxazole rings is 1. The number of phenols is 1. The molecule has 1 aliphatic carbocycles. The molecule has 15 heteroatoms. The van der Waals surface area contributed by atoms with Gasteiger partial charge in [-0.15, -0.1) is 22.7 Å². The summed E-state index contributed by atoms with van der Waals surface area (Å²) < 4.78 is 20.3. The highest BCUT2D eigenvalue weighted by Gasteiger charge is 2.45. The minimum Gasteiger partial charge on any atom is -0.506 e. The molecule has 0 saturated heterocycles. The number of H-pyrrole nitrogens is 1. The number of aromatic amines is 1. The van der Waals surface area contributed by atoms with Crippen LogP contribution in [0, 0.1) is 0 Å². The number of nitrogens with zero attached hydrogens (tertiary/aromatic N) is 2. The second-order valence-electron chi connectivity index (χ2n) is 17.4. The van der Waals surface area contributed by atoms with Gasteiger partial charge in [0.05, 0.1) is 26.9 Å². The number of hydrogen-bond acceptors (Lipinski definition) is 12. The summed E-state index contributed by atoms with van der Waals surface area (Å²) in [5.41, 5.74) is 1.42. The van der Waals surface area contributed by atoms with E-state index in [0.29, 0.717) is 46.5 Å². The number of phenolic OH excluding ortho intramolecular Hbond substituents is 1. The zero-order valence-corrected chi connectivity index (χ0v) is 37.8. The zero-order chi connectivity index (χ0) is 42.8. The maximum absolute atomic E-state index is 13.5. The Hall–Kier alpha value is -4.35. The summed E-state index contributed by atoms with van der Waals surface area (Å²) in [4.78, 5) is 44.8. The molecule has 320 valence electrons. The maximum Gasteiger partial charge on any atom is 0.419 e. The lowest BCUT2D eigenvalue weighted by Gasteiger charge is -2.39. The molecule has 1 atom stereocenters. The summed E-state index contributed by atoms with van der Waals surface area (Å²) in [5.74, 6) is -0.995. The third-order valence-corrected chi connectivity index (χ3v) is 18.8. The Morgan fingerprint density at radius 3 is 2.37 bits per heavy atom. The van der Waals surface area contributed by atoms with E-state index in [0.717, 1.165) is 60.7 Å². The molecule has 6 aromatic rings. The summed E-state index contributed by atoms with van der Waals surface area (Å²) in [6, 6.07) is 20.0. The van der Waals surface area contributed by atoms with Crippen molar-refractivity contribution in [2.45, 2.75) is 108 Å².